The second-order valence-corrected chi connectivity index (χ2v) is 4.08. The van der Waals surface area contributed by atoms with E-state index in [-0.39, 0.29) is 6.10 Å². The second kappa shape index (κ2) is 2.23. The Bertz CT molecular complexity index is 131. The summed E-state index contributed by atoms with van der Waals surface area (Å²) in [5.74, 6) is 2.51. The molecule has 1 N–H and O–H groups in total. The van der Waals surface area contributed by atoms with E-state index in [1.807, 2.05) is 6.92 Å². The van der Waals surface area contributed by atoms with Crippen LogP contribution in [-0.4, -0.2) is 11.2 Å². The van der Waals surface area contributed by atoms with Gasteiger partial charge in [0.1, 0.15) is 0 Å². The average molecular weight is 140 g/mol. The number of aliphatic hydroxyl groups is 1. The van der Waals surface area contributed by atoms with Crippen LogP contribution >= 0.6 is 0 Å². The van der Waals surface area contributed by atoms with Crippen molar-refractivity contribution >= 4 is 0 Å². The van der Waals surface area contributed by atoms with Gasteiger partial charge in [0.25, 0.3) is 0 Å². The Labute approximate surface area is 62.4 Å². The Morgan fingerprint density at radius 1 is 1.30 bits per heavy atom. The summed E-state index contributed by atoms with van der Waals surface area (Å²) in [6, 6.07) is 0. The fraction of sp³-hybridized carbons (Fsp3) is 1.00. The highest BCUT2D eigenvalue weighted by atomic mass is 16.3. The van der Waals surface area contributed by atoms with E-state index in [0.29, 0.717) is 5.92 Å². The van der Waals surface area contributed by atoms with E-state index in [0.717, 1.165) is 11.8 Å². The third-order valence-electron chi connectivity index (χ3n) is 3.41. The van der Waals surface area contributed by atoms with Crippen LogP contribution in [0.4, 0.5) is 0 Å². The maximum Gasteiger partial charge on any atom is 0.0543 e. The summed E-state index contributed by atoms with van der Waals surface area (Å²) in [4.78, 5) is 0. The van der Waals surface area contributed by atoms with Crippen molar-refractivity contribution < 1.29 is 5.11 Å². The van der Waals surface area contributed by atoms with Gasteiger partial charge in [0.15, 0.2) is 0 Å². The standard InChI is InChI=1S/C9H16O/c1-6(10)9-5-7-2-3-8(9)4-7/h6-10H,2-5H2,1H3/t6?,7-,8?,9?/m1/s1. The predicted molar refractivity (Wildman–Crippen MR) is 40.6 cm³/mol. The first-order chi connectivity index (χ1) is 4.77. The summed E-state index contributed by atoms with van der Waals surface area (Å²) in [6.07, 6.45) is 5.50. The zero-order valence-corrected chi connectivity index (χ0v) is 6.59. The van der Waals surface area contributed by atoms with E-state index in [4.69, 9.17) is 0 Å². The van der Waals surface area contributed by atoms with Crippen LogP contribution in [0.2, 0.25) is 0 Å². The molecule has 0 radical (unpaired) electrons. The van der Waals surface area contributed by atoms with Crippen molar-refractivity contribution in [3.05, 3.63) is 0 Å². The van der Waals surface area contributed by atoms with Gasteiger partial charge >= 0.3 is 0 Å². The Balaban J connectivity index is 2.02. The van der Waals surface area contributed by atoms with Crippen LogP contribution in [0.5, 0.6) is 0 Å². The van der Waals surface area contributed by atoms with Crippen molar-refractivity contribution in [2.45, 2.75) is 38.7 Å². The first-order valence-electron chi connectivity index (χ1n) is 4.45. The van der Waals surface area contributed by atoms with Crippen molar-refractivity contribution in [3.63, 3.8) is 0 Å². The van der Waals surface area contributed by atoms with Gasteiger partial charge in [-0.1, -0.05) is 6.42 Å². The molecule has 58 valence electrons. The lowest BCUT2D eigenvalue weighted by Crippen LogP contribution is -2.22. The number of hydrogen-bond acceptors (Lipinski definition) is 1. The molecule has 0 heterocycles. The Hall–Kier alpha value is -0.0400. The maximum atomic E-state index is 9.37. The van der Waals surface area contributed by atoms with Gasteiger partial charge in [-0.2, -0.15) is 0 Å². The molecule has 0 aromatic rings. The Morgan fingerprint density at radius 2 is 2.10 bits per heavy atom. The SMILES string of the molecule is CC(O)C1C[C@@H]2CCC1C2. The lowest BCUT2D eigenvalue weighted by molar-refractivity contribution is 0.0905. The quantitative estimate of drug-likeness (QED) is 0.589. The molecule has 1 nitrogen and oxygen atoms in total. The zero-order chi connectivity index (χ0) is 7.14. The summed E-state index contributed by atoms with van der Waals surface area (Å²) in [6.45, 7) is 1.95. The number of rotatable bonds is 1. The normalized spacial score (nSPS) is 48.0. The van der Waals surface area contributed by atoms with E-state index in [2.05, 4.69) is 0 Å². The van der Waals surface area contributed by atoms with Gasteiger partial charge in [-0.25, -0.2) is 0 Å². The van der Waals surface area contributed by atoms with Crippen LogP contribution in [0.1, 0.15) is 32.6 Å². The first-order valence-corrected chi connectivity index (χ1v) is 4.45. The molecule has 1 heteroatoms. The Kier molecular flexibility index (Phi) is 1.48. The third-order valence-corrected chi connectivity index (χ3v) is 3.41. The molecular weight excluding hydrogens is 124 g/mol. The maximum absolute atomic E-state index is 9.37. The molecule has 2 fully saturated rings. The van der Waals surface area contributed by atoms with Crippen molar-refractivity contribution in [1.29, 1.82) is 0 Å². The van der Waals surface area contributed by atoms with E-state index in [1.165, 1.54) is 25.7 Å². The lowest BCUT2D eigenvalue weighted by Gasteiger charge is -2.23. The smallest absolute Gasteiger partial charge is 0.0543 e. The van der Waals surface area contributed by atoms with Crippen LogP contribution in [0.15, 0.2) is 0 Å². The molecule has 0 saturated heterocycles. The summed E-state index contributed by atoms with van der Waals surface area (Å²) < 4.78 is 0. The fourth-order valence-electron chi connectivity index (χ4n) is 2.88. The van der Waals surface area contributed by atoms with Crippen LogP contribution in [0.25, 0.3) is 0 Å². The topological polar surface area (TPSA) is 20.2 Å². The van der Waals surface area contributed by atoms with Gasteiger partial charge in [-0.3, -0.25) is 0 Å². The number of fused-ring (bicyclic) bond motifs is 2. The van der Waals surface area contributed by atoms with E-state index in [9.17, 15) is 5.11 Å². The largest absolute Gasteiger partial charge is 0.393 e. The minimum absolute atomic E-state index is 0.0460. The van der Waals surface area contributed by atoms with Gasteiger partial charge in [0.2, 0.25) is 0 Å². The van der Waals surface area contributed by atoms with Gasteiger partial charge < -0.3 is 5.11 Å². The molecule has 4 atom stereocenters. The van der Waals surface area contributed by atoms with Gasteiger partial charge in [-0.05, 0) is 43.9 Å². The molecule has 2 bridgehead atoms. The van der Waals surface area contributed by atoms with Crippen molar-refractivity contribution in [2.24, 2.45) is 17.8 Å². The summed E-state index contributed by atoms with van der Waals surface area (Å²) in [5.41, 5.74) is 0. The van der Waals surface area contributed by atoms with Crippen molar-refractivity contribution in [3.8, 4) is 0 Å². The summed E-state index contributed by atoms with van der Waals surface area (Å²) >= 11 is 0. The van der Waals surface area contributed by atoms with Gasteiger partial charge in [0, 0.05) is 0 Å². The first kappa shape index (κ1) is 6.66. The van der Waals surface area contributed by atoms with Gasteiger partial charge in [-0.15, -0.1) is 0 Å². The molecule has 0 spiro atoms. The molecule has 2 rings (SSSR count). The van der Waals surface area contributed by atoms with E-state index >= 15 is 0 Å². The molecule has 0 amide bonds. The number of aliphatic hydroxyl groups excluding tert-OH is 1. The molecule has 2 aliphatic rings. The molecule has 0 aromatic heterocycles. The molecule has 0 aliphatic heterocycles. The second-order valence-electron chi connectivity index (χ2n) is 4.08. The molecule has 0 aromatic carbocycles. The minimum Gasteiger partial charge on any atom is -0.393 e. The molecular formula is C9H16O. The van der Waals surface area contributed by atoms with Crippen molar-refractivity contribution in [2.75, 3.05) is 0 Å². The lowest BCUT2D eigenvalue weighted by atomic mass is 9.85. The highest BCUT2D eigenvalue weighted by Gasteiger charge is 2.41. The third kappa shape index (κ3) is 0.878. The van der Waals surface area contributed by atoms with Crippen LogP contribution in [0, 0.1) is 17.8 Å². The van der Waals surface area contributed by atoms with Crippen LogP contribution in [0.3, 0.4) is 0 Å². The Morgan fingerprint density at radius 3 is 2.40 bits per heavy atom. The van der Waals surface area contributed by atoms with Crippen LogP contribution < -0.4 is 0 Å². The van der Waals surface area contributed by atoms with Gasteiger partial charge in [0.05, 0.1) is 6.10 Å². The summed E-state index contributed by atoms with van der Waals surface area (Å²) in [5, 5.41) is 9.37. The molecule has 2 aliphatic carbocycles. The molecule has 2 saturated carbocycles. The highest BCUT2D eigenvalue weighted by Crippen LogP contribution is 2.49. The summed E-state index contributed by atoms with van der Waals surface area (Å²) in [7, 11) is 0. The van der Waals surface area contributed by atoms with Crippen LogP contribution in [-0.2, 0) is 0 Å². The monoisotopic (exact) mass is 140 g/mol. The van der Waals surface area contributed by atoms with E-state index in [1.54, 1.807) is 0 Å². The minimum atomic E-state index is -0.0460. The molecule has 10 heavy (non-hydrogen) atoms. The zero-order valence-electron chi connectivity index (χ0n) is 6.59. The number of hydrogen-bond donors (Lipinski definition) is 1. The highest BCUT2D eigenvalue weighted by molar-refractivity contribution is 4.91. The average Bonchev–Trinajstić information content (AvgIpc) is 2.44. The molecule has 3 unspecified atom stereocenters. The fourth-order valence-corrected chi connectivity index (χ4v) is 2.88. The van der Waals surface area contributed by atoms with E-state index < -0.39 is 0 Å². The van der Waals surface area contributed by atoms with Crippen molar-refractivity contribution in [1.82, 2.24) is 0 Å². The predicted octanol–water partition coefficient (Wildman–Crippen LogP) is 1.80.